The summed E-state index contributed by atoms with van der Waals surface area (Å²) < 4.78 is 5.02. The summed E-state index contributed by atoms with van der Waals surface area (Å²) in [6.07, 6.45) is 0. The molecule has 0 radical (unpaired) electrons. The molecule has 0 N–H and O–H groups in total. The summed E-state index contributed by atoms with van der Waals surface area (Å²) in [6.45, 7) is 5.30. The lowest BCUT2D eigenvalue weighted by Gasteiger charge is -2.15. The third kappa shape index (κ3) is 4.42. The van der Waals surface area contributed by atoms with Crippen molar-refractivity contribution < 1.29 is 24.3 Å². The van der Waals surface area contributed by atoms with Gasteiger partial charge in [-0.2, -0.15) is 4.89 Å². The molecule has 1 rings (SSSR count). The Morgan fingerprint density at radius 2 is 1.82 bits per heavy atom. The van der Waals surface area contributed by atoms with E-state index < -0.39 is 11.6 Å². The van der Waals surface area contributed by atoms with Gasteiger partial charge in [0, 0.05) is 0 Å². The second-order valence-electron chi connectivity index (χ2n) is 4.33. The molecule has 0 aromatic heterocycles. The highest BCUT2D eigenvalue weighted by Crippen LogP contribution is 2.18. The van der Waals surface area contributed by atoms with Crippen molar-refractivity contribution in [1.29, 1.82) is 0 Å². The number of methoxy groups -OCH3 is 1. The highest BCUT2D eigenvalue weighted by atomic mass is 17.5. The van der Waals surface area contributed by atoms with Gasteiger partial charge in [-0.15, -0.1) is 0 Å². The van der Waals surface area contributed by atoms with Crippen LogP contribution in [0.1, 0.15) is 31.1 Å². The maximum absolute atomic E-state index is 11.6. The van der Waals surface area contributed by atoms with E-state index in [0.29, 0.717) is 5.75 Å². The lowest BCUT2D eigenvalue weighted by molar-refractivity contribution is -0.510. The van der Waals surface area contributed by atoms with Crippen molar-refractivity contribution in [3.8, 4) is 5.75 Å². The van der Waals surface area contributed by atoms with Gasteiger partial charge in [0.2, 0.25) is 0 Å². The van der Waals surface area contributed by atoms with Gasteiger partial charge in [0.1, 0.15) is 11.3 Å². The fourth-order valence-electron chi connectivity index (χ4n) is 1.01. The summed E-state index contributed by atoms with van der Waals surface area (Å²) in [7, 11) is 1.47. The molecule has 0 saturated heterocycles. The maximum atomic E-state index is 11.6. The van der Waals surface area contributed by atoms with E-state index in [1.807, 2.05) is 0 Å². The van der Waals surface area contributed by atoms with Crippen LogP contribution in [0.2, 0.25) is 0 Å². The first-order valence-electron chi connectivity index (χ1n) is 5.14. The van der Waals surface area contributed by atoms with Crippen molar-refractivity contribution in [1.82, 2.24) is 0 Å². The van der Waals surface area contributed by atoms with Gasteiger partial charge in [0.05, 0.1) is 12.7 Å². The molecule has 0 spiro atoms. The summed E-state index contributed by atoms with van der Waals surface area (Å²) in [5, 5.41) is 4.41. The number of benzene rings is 1. The molecule has 0 aliphatic carbocycles. The fraction of sp³-hybridized carbons (Fsp3) is 0.417. The number of ether oxygens (including phenoxy) is 1. The number of rotatable bonds is 4. The lowest BCUT2D eigenvalue weighted by atomic mass is 10.2. The van der Waals surface area contributed by atoms with E-state index >= 15 is 0 Å². The van der Waals surface area contributed by atoms with E-state index in [1.165, 1.54) is 7.11 Å². The zero-order chi connectivity index (χ0) is 12.9. The van der Waals surface area contributed by atoms with Crippen LogP contribution in [0.5, 0.6) is 5.75 Å². The molecule has 94 valence electrons. The van der Waals surface area contributed by atoms with Crippen LogP contribution in [-0.2, 0) is 14.8 Å². The first kappa shape index (κ1) is 13.5. The van der Waals surface area contributed by atoms with Gasteiger partial charge >= 0.3 is 5.97 Å². The van der Waals surface area contributed by atoms with Gasteiger partial charge < -0.3 is 4.74 Å². The molecule has 0 saturated carbocycles. The average molecular weight is 240 g/mol. The van der Waals surface area contributed by atoms with Crippen LogP contribution in [0.4, 0.5) is 0 Å². The Bertz CT molecular complexity index is 381. The van der Waals surface area contributed by atoms with E-state index in [1.54, 1.807) is 45.0 Å². The smallest absolute Gasteiger partial charge is 0.380 e. The highest BCUT2D eigenvalue weighted by Gasteiger charge is 2.17. The van der Waals surface area contributed by atoms with Crippen molar-refractivity contribution in [2.75, 3.05) is 7.11 Å². The SMILES string of the molecule is COc1ccccc1C(=O)OOOC(C)(C)C. The molecule has 0 aliphatic heterocycles. The van der Waals surface area contributed by atoms with Crippen molar-refractivity contribution in [3.05, 3.63) is 29.8 Å². The van der Waals surface area contributed by atoms with Crippen LogP contribution in [0.3, 0.4) is 0 Å². The van der Waals surface area contributed by atoms with Crippen molar-refractivity contribution >= 4 is 5.97 Å². The van der Waals surface area contributed by atoms with Gasteiger partial charge in [-0.3, -0.25) is 4.89 Å². The van der Waals surface area contributed by atoms with Gasteiger partial charge in [-0.25, -0.2) is 4.79 Å². The number of hydrogen-bond donors (Lipinski definition) is 0. The Hall–Kier alpha value is -1.59. The zero-order valence-corrected chi connectivity index (χ0v) is 10.4. The molecular formula is C12H16O5. The topological polar surface area (TPSA) is 54.0 Å². The molecule has 0 heterocycles. The third-order valence-electron chi connectivity index (χ3n) is 1.72. The average Bonchev–Trinajstić information content (AvgIpc) is 2.27. The Labute approximate surface area is 100 Å². The second kappa shape index (κ2) is 5.65. The van der Waals surface area contributed by atoms with Gasteiger partial charge in [-0.1, -0.05) is 12.1 Å². The maximum Gasteiger partial charge on any atom is 0.380 e. The molecule has 0 amide bonds. The quantitative estimate of drug-likeness (QED) is 0.598. The molecule has 1 aromatic carbocycles. The Morgan fingerprint density at radius 3 is 2.41 bits per heavy atom. The molecular weight excluding hydrogens is 224 g/mol. The van der Waals surface area contributed by atoms with Gasteiger partial charge in [0.25, 0.3) is 0 Å². The molecule has 0 atom stereocenters. The van der Waals surface area contributed by atoms with Crippen LogP contribution in [-0.4, -0.2) is 18.7 Å². The number of hydrogen-bond acceptors (Lipinski definition) is 5. The first-order chi connectivity index (χ1) is 7.94. The van der Waals surface area contributed by atoms with E-state index in [2.05, 4.69) is 9.93 Å². The van der Waals surface area contributed by atoms with Crippen molar-refractivity contribution in [2.45, 2.75) is 26.4 Å². The van der Waals surface area contributed by atoms with E-state index in [-0.39, 0.29) is 5.56 Å². The third-order valence-corrected chi connectivity index (χ3v) is 1.72. The van der Waals surface area contributed by atoms with E-state index in [9.17, 15) is 4.79 Å². The van der Waals surface area contributed by atoms with Crippen LogP contribution < -0.4 is 4.74 Å². The standard InChI is InChI=1S/C12H16O5/c1-12(2,3)16-17-15-11(13)9-7-5-6-8-10(9)14-4/h5-8H,1-4H3. The van der Waals surface area contributed by atoms with Gasteiger partial charge in [-0.05, 0) is 37.9 Å². The van der Waals surface area contributed by atoms with Crippen LogP contribution in [0.25, 0.3) is 0 Å². The molecule has 17 heavy (non-hydrogen) atoms. The molecule has 0 unspecified atom stereocenters. The number of para-hydroxylation sites is 1. The van der Waals surface area contributed by atoms with Gasteiger partial charge in [0.15, 0.2) is 0 Å². The van der Waals surface area contributed by atoms with E-state index in [4.69, 9.17) is 9.62 Å². The Kier molecular flexibility index (Phi) is 4.48. The Balaban J connectivity index is 2.58. The monoisotopic (exact) mass is 240 g/mol. The normalized spacial score (nSPS) is 11.1. The summed E-state index contributed by atoms with van der Waals surface area (Å²) >= 11 is 0. The predicted octanol–water partition coefficient (Wildman–Crippen LogP) is 2.51. The molecule has 0 aliphatic rings. The first-order valence-corrected chi connectivity index (χ1v) is 5.14. The lowest BCUT2D eigenvalue weighted by Crippen LogP contribution is -2.21. The summed E-state index contributed by atoms with van der Waals surface area (Å²) in [4.78, 5) is 20.9. The predicted molar refractivity (Wildman–Crippen MR) is 60.3 cm³/mol. The molecule has 0 bridgehead atoms. The van der Waals surface area contributed by atoms with Crippen LogP contribution >= 0.6 is 0 Å². The number of carbonyl (C=O) groups is 1. The molecule has 1 aromatic rings. The second-order valence-corrected chi connectivity index (χ2v) is 4.33. The minimum absolute atomic E-state index is 0.271. The minimum atomic E-state index is -0.674. The highest BCUT2D eigenvalue weighted by molar-refractivity contribution is 5.92. The summed E-state index contributed by atoms with van der Waals surface area (Å²) in [5.74, 6) is -0.261. The van der Waals surface area contributed by atoms with E-state index in [0.717, 1.165) is 0 Å². The van der Waals surface area contributed by atoms with Crippen molar-refractivity contribution in [3.63, 3.8) is 0 Å². The molecule has 5 nitrogen and oxygen atoms in total. The minimum Gasteiger partial charge on any atom is -0.496 e. The number of carbonyl (C=O) groups excluding carboxylic acids is 1. The van der Waals surface area contributed by atoms with Crippen molar-refractivity contribution in [2.24, 2.45) is 0 Å². The largest absolute Gasteiger partial charge is 0.496 e. The zero-order valence-electron chi connectivity index (χ0n) is 10.4. The van der Waals surface area contributed by atoms with Crippen LogP contribution in [0.15, 0.2) is 24.3 Å². The summed E-state index contributed by atoms with van der Waals surface area (Å²) in [5.41, 5.74) is -0.284. The Morgan fingerprint density at radius 1 is 1.18 bits per heavy atom. The van der Waals surface area contributed by atoms with Crippen LogP contribution in [0, 0.1) is 0 Å². The summed E-state index contributed by atoms with van der Waals surface area (Å²) in [6, 6.07) is 6.68. The molecule has 5 heteroatoms. The molecule has 0 fully saturated rings. The fourth-order valence-corrected chi connectivity index (χ4v) is 1.01.